The minimum atomic E-state index is -0.616. The van der Waals surface area contributed by atoms with E-state index < -0.39 is 11.6 Å². The summed E-state index contributed by atoms with van der Waals surface area (Å²) in [6.07, 6.45) is 1.95. The lowest BCUT2D eigenvalue weighted by molar-refractivity contribution is 0.585. The quantitative estimate of drug-likeness (QED) is 0.872. The lowest BCUT2D eigenvalue weighted by Crippen LogP contribution is -2.06. The third-order valence-electron chi connectivity index (χ3n) is 4.25. The summed E-state index contributed by atoms with van der Waals surface area (Å²) in [6, 6.07) is 7.43. The smallest absolute Gasteiger partial charge is 0.141 e. The van der Waals surface area contributed by atoms with Gasteiger partial charge in [0.15, 0.2) is 0 Å². The molecule has 104 valence electrons. The third kappa shape index (κ3) is 1.76. The number of nitrogens with zero attached hydrogens (tertiary/aromatic N) is 2. The zero-order valence-corrected chi connectivity index (χ0v) is 11.0. The molecule has 1 saturated heterocycles. The van der Waals surface area contributed by atoms with Crippen molar-refractivity contribution in [3.63, 3.8) is 0 Å². The van der Waals surface area contributed by atoms with Crippen LogP contribution >= 0.6 is 0 Å². The zero-order valence-electron chi connectivity index (χ0n) is 11.0. The van der Waals surface area contributed by atoms with Crippen LogP contribution in [0.1, 0.15) is 41.9 Å². The van der Waals surface area contributed by atoms with Crippen LogP contribution < -0.4 is 5.32 Å². The fraction of sp³-hybridized carbons (Fsp3) is 0.250. The van der Waals surface area contributed by atoms with Crippen LogP contribution in [0.2, 0.25) is 0 Å². The molecule has 2 bridgehead atoms. The maximum atomic E-state index is 14.1. The van der Waals surface area contributed by atoms with E-state index in [2.05, 4.69) is 10.3 Å². The van der Waals surface area contributed by atoms with Gasteiger partial charge in [-0.25, -0.2) is 13.8 Å². The van der Waals surface area contributed by atoms with Crippen LogP contribution in [-0.4, -0.2) is 4.98 Å². The number of halogens is 2. The Morgan fingerprint density at radius 3 is 2.71 bits per heavy atom. The van der Waals surface area contributed by atoms with Gasteiger partial charge in [0.05, 0.1) is 11.7 Å². The molecule has 0 saturated carbocycles. The van der Waals surface area contributed by atoms with Crippen LogP contribution in [0.3, 0.4) is 0 Å². The van der Waals surface area contributed by atoms with Crippen LogP contribution in [0.5, 0.6) is 0 Å². The number of nitrogens with one attached hydrogen (secondary N) is 1. The third-order valence-corrected chi connectivity index (χ3v) is 4.25. The first-order valence-electron chi connectivity index (χ1n) is 6.84. The number of nitriles is 1. The fourth-order valence-electron chi connectivity index (χ4n) is 3.38. The molecule has 1 unspecified atom stereocenters. The number of rotatable bonds is 1. The highest BCUT2D eigenvalue weighted by Gasteiger charge is 2.40. The van der Waals surface area contributed by atoms with Crippen molar-refractivity contribution in [2.75, 3.05) is 0 Å². The zero-order chi connectivity index (χ0) is 14.6. The number of fused-ring (bicyclic) bond motifs is 5. The summed E-state index contributed by atoms with van der Waals surface area (Å²) in [4.78, 5) is 4.37. The molecule has 3 nitrogen and oxygen atoms in total. The Morgan fingerprint density at radius 2 is 1.95 bits per heavy atom. The molecule has 2 aliphatic heterocycles. The Kier molecular flexibility index (Phi) is 2.57. The van der Waals surface area contributed by atoms with Gasteiger partial charge in [0.25, 0.3) is 0 Å². The van der Waals surface area contributed by atoms with Crippen LogP contribution in [0, 0.1) is 23.0 Å². The molecule has 3 heterocycles. The van der Waals surface area contributed by atoms with E-state index in [9.17, 15) is 8.78 Å². The Morgan fingerprint density at radius 1 is 1.14 bits per heavy atom. The summed E-state index contributed by atoms with van der Waals surface area (Å²) in [5, 5.41) is 12.6. The summed E-state index contributed by atoms with van der Waals surface area (Å²) in [7, 11) is 0. The molecule has 21 heavy (non-hydrogen) atoms. The first kappa shape index (κ1) is 12.4. The van der Waals surface area contributed by atoms with E-state index in [-0.39, 0.29) is 17.8 Å². The summed E-state index contributed by atoms with van der Waals surface area (Å²) in [5.74, 6) is -1.22. The lowest BCUT2D eigenvalue weighted by atomic mass is 9.88. The molecule has 1 aromatic carbocycles. The van der Waals surface area contributed by atoms with Crippen molar-refractivity contribution in [3.8, 4) is 17.2 Å². The number of aromatic nitrogens is 1. The average Bonchev–Trinajstić information content (AvgIpc) is 3.08. The van der Waals surface area contributed by atoms with Crippen molar-refractivity contribution in [2.24, 2.45) is 0 Å². The fourth-order valence-corrected chi connectivity index (χ4v) is 3.38. The summed E-state index contributed by atoms with van der Waals surface area (Å²) < 4.78 is 27.2. The van der Waals surface area contributed by atoms with Gasteiger partial charge in [-0.05, 0) is 36.6 Å². The average molecular weight is 283 g/mol. The van der Waals surface area contributed by atoms with Gasteiger partial charge in [-0.1, -0.05) is 0 Å². The predicted molar refractivity (Wildman–Crippen MR) is 72.2 cm³/mol. The van der Waals surface area contributed by atoms with Crippen molar-refractivity contribution in [3.05, 3.63) is 52.9 Å². The number of hydrogen-bond acceptors (Lipinski definition) is 3. The topological polar surface area (TPSA) is 48.7 Å². The molecular formula is C16H11F2N3. The van der Waals surface area contributed by atoms with Gasteiger partial charge in [-0.15, -0.1) is 0 Å². The Labute approximate surface area is 120 Å². The molecule has 0 radical (unpaired) electrons. The van der Waals surface area contributed by atoms with Gasteiger partial charge in [-0.3, -0.25) is 0 Å². The Hall–Kier alpha value is -2.32. The predicted octanol–water partition coefficient (Wildman–Crippen LogP) is 3.38. The van der Waals surface area contributed by atoms with Crippen molar-refractivity contribution in [1.82, 2.24) is 10.3 Å². The van der Waals surface area contributed by atoms with E-state index in [1.807, 2.05) is 6.07 Å². The Balaban J connectivity index is 1.99. The van der Waals surface area contributed by atoms with E-state index in [1.54, 1.807) is 6.07 Å². The second-order valence-electron chi connectivity index (χ2n) is 5.44. The van der Waals surface area contributed by atoms with E-state index in [0.717, 1.165) is 30.2 Å². The van der Waals surface area contributed by atoms with Gasteiger partial charge in [0.1, 0.15) is 23.4 Å². The highest BCUT2D eigenvalue weighted by Crippen LogP contribution is 2.48. The minimum Gasteiger partial charge on any atom is -0.302 e. The van der Waals surface area contributed by atoms with E-state index in [1.165, 1.54) is 12.1 Å². The number of benzene rings is 1. The van der Waals surface area contributed by atoms with Crippen molar-refractivity contribution < 1.29 is 8.78 Å². The normalized spacial score (nSPS) is 22.1. The molecule has 0 amide bonds. The van der Waals surface area contributed by atoms with Crippen molar-refractivity contribution in [2.45, 2.75) is 24.9 Å². The minimum absolute atomic E-state index is 0.139. The van der Waals surface area contributed by atoms with Crippen LogP contribution in [-0.2, 0) is 0 Å². The molecule has 2 aromatic rings. The van der Waals surface area contributed by atoms with E-state index in [0.29, 0.717) is 11.1 Å². The van der Waals surface area contributed by atoms with Crippen LogP contribution in [0.4, 0.5) is 8.78 Å². The van der Waals surface area contributed by atoms with Gasteiger partial charge >= 0.3 is 0 Å². The highest BCUT2D eigenvalue weighted by atomic mass is 19.1. The molecule has 1 aromatic heterocycles. The summed E-state index contributed by atoms with van der Waals surface area (Å²) in [6.45, 7) is 0. The molecule has 2 atom stereocenters. The highest BCUT2D eigenvalue weighted by molar-refractivity contribution is 5.72. The SMILES string of the molecule is N#Cc1cc(-c2ccc(F)cc2F)c2c(n1)C1CC[C@@H]2N1. The molecule has 0 spiro atoms. The number of hydrogen-bond donors (Lipinski definition) is 1. The summed E-state index contributed by atoms with van der Waals surface area (Å²) >= 11 is 0. The molecule has 0 aliphatic carbocycles. The van der Waals surface area contributed by atoms with Gasteiger partial charge < -0.3 is 5.32 Å². The van der Waals surface area contributed by atoms with E-state index >= 15 is 0 Å². The van der Waals surface area contributed by atoms with Crippen molar-refractivity contribution >= 4 is 0 Å². The maximum Gasteiger partial charge on any atom is 0.141 e. The number of pyridine rings is 1. The molecule has 1 fully saturated rings. The largest absolute Gasteiger partial charge is 0.302 e. The second kappa shape index (κ2) is 4.34. The lowest BCUT2D eigenvalue weighted by Gasteiger charge is -2.17. The first-order valence-corrected chi connectivity index (χ1v) is 6.84. The van der Waals surface area contributed by atoms with Crippen LogP contribution in [0.15, 0.2) is 24.3 Å². The van der Waals surface area contributed by atoms with Crippen LogP contribution in [0.25, 0.3) is 11.1 Å². The van der Waals surface area contributed by atoms with Crippen molar-refractivity contribution in [1.29, 1.82) is 5.26 Å². The standard InChI is InChI=1S/C16H11F2N3/c17-8-1-2-10(12(18)5-8)11-6-9(7-19)20-16-14-4-3-13(21-14)15(11)16/h1-2,5-6,13-14,21H,3-4H2/t13-,14?/m0/s1. The summed E-state index contributed by atoms with van der Waals surface area (Å²) in [5.41, 5.74) is 3.02. The molecular weight excluding hydrogens is 272 g/mol. The molecule has 1 N–H and O–H groups in total. The molecule has 4 rings (SSSR count). The Bertz CT molecular complexity index is 795. The monoisotopic (exact) mass is 283 g/mol. The first-order chi connectivity index (χ1) is 10.2. The second-order valence-corrected chi connectivity index (χ2v) is 5.44. The van der Waals surface area contributed by atoms with E-state index in [4.69, 9.17) is 5.26 Å². The van der Waals surface area contributed by atoms with Gasteiger partial charge in [0.2, 0.25) is 0 Å². The van der Waals surface area contributed by atoms with Gasteiger partial charge in [-0.2, -0.15) is 5.26 Å². The molecule has 5 heteroatoms. The maximum absolute atomic E-state index is 14.1. The van der Waals surface area contributed by atoms with Gasteiger partial charge in [0, 0.05) is 23.2 Å². The molecule has 2 aliphatic rings.